The van der Waals surface area contributed by atoms with Crippen LogP contribution < -0.4 is 10.6 Å². The zero-order valence-corrected chi connectivity index (χ0v) is 11.9. The summed E-state index contributed by atoms with van der Waals surface area (Å²) in [5, 5.41) is 17.4. The Kier molecular flexibility index (Phi) is 4.24. The third-order valence-corrected chi connectivity index (χ3v) is 4.36. The van der Waals surface area contributed by atoms with Gasteiger partial charge >= 0.3 is 0 Å². The zero-order chi connectivity index (χ0) is 14.8. The minimum Gasteiger partial charge on any atom is -0.375 e. The van der Waals surface area contributed by atoms with Gasteiger partial charge in [0.25, 0.3) is 5.69 Å². The highest BCUT2D eigenvalue weighted by Crippen LogP contribution is 2.28. The molecule has 1 fully saturated rings. The normalized spacial score (nSPS) is 19.6. The molecule has 1 atom stereocenters. The molecular weight excluding hydrogens is 282 g/mol. The van der Waals surface area contributed by atoms with Crippen LogP contribution >= 0.6 is 0 Å². The van der Waals surface area contributed by atoms with Crippen molar-refractivity contribution in [2.75, 3.05) is 24.7 Å². The first-order valence-corrected chi connectivity index (χ1v) is 8.23. The van der Waals surface area contributed by atoms with Gasteiger partial charge in [-0.15, -0.1) is 0 Å². The molecule has 1 aliphatic heterocycles. The summed E-state index contributed by atoms with van der Waals surface area (Å²) in [5.41, 5.74) is 0.148. The van der Waals surface area contributed by atoms with Crippen molar-refractivity contribution in [1.29, 1.82) is 0 Å². The Balaban J connectivity index is 2.30. The highest BCUT2D eigenvalue weighted by molar-refractivity contribution is 7.90. The number of anilines is 1. The van der Waals surface area contributed by atoms with Crippen LogP contribution in [0.2, 0.25) is 0 Å². The van der Waals surface area contributed by atoms with Gasteiger partial charge in [-0.25, -0.2) is 8.42 Å². The average molecular weight is 299 g/mol. The summed E-state index contributed by atoms with van der Waals surface area (Å²) in [6, 6.07) is 4.07. The van der Waals surface area contributed by atoms with Crippen molar-refractivity contribution in [1.82, 2.24) is 5.32 Å². The van der Waals surface area contributed by atoms with Gasteiger partial charge in [-0.3, -0.25) is 10.1 Å². The second-order valence-electron chi connectivity index (χ2n) is 4.90. The van der Waals surface area contributed by atoms with E-state index in [9.17, 15) is 18.5 Å². The van der Waals surface area contributed by atoms with Crippen LogP contribution in [0.25, 0.3) is 0 Å². The maximum atomic E-state index is 11.5. The minimum atomic E-state index is -3.45. The third kappa shape index (κ3) is 3.45. The Labute approximate surface area is 117 Å². The molecule has 0 amide bonds. The van der Waals surface area contributed by atoms with Crippen LogP contribution in [0.15, 0.2) is 23.1 Å². The van der Waals surface area contributed by atoms with Gasteiger partial charge in [-0.2, -0.15) is 0 Å². The minimum absolute atomic E-state index is 0.0449. The topological polar surface area (TPSA) is 101 Å². The van der Waals surface area contributed by atoms with Crippen LogP contribution in [0, 0.1) is 10.1 Å². The molecule has 0 aliphatic carbocycles. The van der Waals surface area contributed by atoms with Crippen LogP contribution in [0.1, 0.15) is 12.8 Å². The summed E-state index contributed by atoms with van der Waals surface area (Å²) in [7, 11) is -3.45. The number of nitro benzene ring substituents is 1. The van der Waals surface area contributed by atoms with Gasteiger partial charge in [-0.1, -0.05) is 0 Å². The summed E-state index contributed by atoms with van der Waals surface area (Å²) in [6.07, 6.45) is 2.97. The zero-order valence-electron chi connectivity index (χ0n) is 11.1. The first kappa shape index (κ1) is 14.7. The lowest BCUT2D eigenvalue weighted by Gasteiger charge is -2.24. The number of sulfone groups is 1. The van der Waals surface area contributed by atoms with Crippen LogP contribution in [-0.4, -0.2) is 38.7 Å². The third-order valence-electron chi connectivity index (χ3n) is 3.25. The number of piperidine rings is 1. The van der Waals surface area contributed by atoms with E-state index in [-0.39, 0.29) is 16.6 Å². The van der Waals surface area contributed by atoms with E-state index in [4.69, 9.17) is 0 Å². The standard InChI is InChI=1S/C12H17N3O4S/c1-20(18,19)10-4-5-11(12(7-10)15(16)17)14-9-3-2-6-13-8-9/h4-5,7,9,13-14H,2-3,6,8H2,1H3. The monoisotopic (exact) mass is 299 g/mol. The Morgan fingerprint density at radius 2 is 2.20 bits per heavy atom. The van der Waals surface area contributed by atoms with Crippen molar-refractivity contribution >= 4 is 21.2 Å². The molecule has 20 heavy (non-hydrogen) atoms. The van der Waals surface area contributed by atoms with Crippen LogP contribution in [0.5, 0.6) is 0 Å². The van der Waals surface area contributed by atoms with Crippen molar-refractivity contribution in [3.8, 4) is 0 Å². The number of nitro groups is 1. The van der Waals surface area contributed by atoms with Gasteiger partial charge < -0.3 is 10.6 Å². The molecule has 1 saturated heterocycles. The number of rotatable bonds is 4. The Morgan fingerprint density at radius 1 is 1.45 bits per heavy atom. The maximum absolute atomic E-state index is 11.5. The number of hydrogen-bond acceptors (Lipinski definition) is 6. The van der Waals surface area contributed by atoms with Crippen molar-refractivity contribution in [3.05, 3.63) is 28.3 Å². The molecule has 2 N–H and O–H groups in total. The van der Waals surface area contributed by atoms with E-state index in [1.165, 1.54) is 12.1 Å². The van der Waals surface area contributed by atoms with E-state index in [1.54, 1.807) is 0 Å². The van der Waals surface area contributed by atoms with Gasteiger partial charge in [0.1, 0.15) is 5.69 Å². The molecule has 0 saturated carbocycles. The summed E-state index contributed by atoms with van der Waals surface area (Å²) < 4.78 is 22.9. The van der Waals surface area contributed by atoms with Crippen molar-refractivity contribution < 1.29 is 13.3 Å². The number of hydrogen-bond donors (Lipinski definition) is 2. The Hall–Kier alpha value is -1.67. The van der Waals surface area contributed by atoms with E-state index in [0.717, 1.165) is 38.3 Å². The smallest absolute Gasteiger partial charge is 0.293 e. The van der Waals surface area contributed by atoms with Crippen molar-refractivity contribution in [2.24, 2.45) is 0 Å². The number of nitrogens with zero attached hydrogens (tertiary/aromatic N) is 1. The molecule has 1 aliphatic rings. The number of nitrogens with one attached hydrogen (secondary N) is 2. The molecule has 8 heteroatoms. The SMILES string of the molecule is CS(=O)(=O)c1ccc(NC2CCCNC2)c([N+](=O)[O-])c1. The highest BCUT2D eigenvalue weighted by Gasteiger charge is 2.21. The van der Waals surface area contributed by atoms with E-state index in [1.807, 2.05) is 0 Å². The predicted molar refractivity (Wildman–Crippen MR) is 75.7 cm³/mol. The molecule has 2 rings (SSSR count). The maximum Gasteiger partial charge on any atom is 0.293 e. The van der Waals surface area contributed by atoms with Gasteiger partial charge in [-0.05, 0) is 31.5 Å². The van der Waals surface area contributed by atoms with Crippen LogP contribution in [0.4, 0.5) is 11.4 Å². The van der Waals surface area contributed by atoms with Gasteiger partial charge in [0.2, 0.25) is 0 Å². The first-order chi connectivity index (χ1) is 9.38. The predicted octanol–water partition coefficient (Wildman–Crippen LogP) is 1.16. The number of benzene rings is 1. The van der Waals surface area contributed by atoms with Gasteiger partial charge in [0.15, 0.2) is 9.84 Å². The highest BCUT2D eigenvalue weighted by atomic mass is 32.2. The van der Waals surface area contributed by atoms with Crippen molar-refractivity contribution in [2.45, 2.75) is 23.8 Å². The quantitative estimate of drug-likeness (QED) is 0.639. The lowest BCUT2D eigenvalue weighted by molar-refractivity contribution is -0.384. The molecule has 1 aromatic rings. The fourth-order valence-electron chi connectivity index (χ4n) is 2.21. The molecule has 7 nitrogen and oxygen atoms in total. The second kappa shape index (κ2) is 5.76. The first-order valence-electron chi connectivity index (χ1n) is 6.33. The second-order valence-corrected chi connectivity index (χ2v) is 6.91. The molecular formula is C12H17N3O4S. The van der Waals surface area contributed by atoms with Crippen LogP contribution in [-0.2, 0) is 9.84 Å². The average Bonchev–Trinajstić information content (AvgIpc) is 2.38. The van der Waals surface area contributed by atoms with Crippen LogP contribution in [0.3, 0.4) is 0 Å². The summed E-state index contributed by atoms with van der Waals surface area (Å²) >= 11 is 0. The van der Waals surface area contributed by atoms with Gasteiger partial charge in [0, 0.05) is 24.9 Å². The molecule has 1 heterocycles. The lowest BCUT2D eigenvalue weighted by Crippen LogP contribution is -2.38. The van der Waals surface area contributed by atoms with E-state index < -0.39 is 14.8 Å². The van der Waals surface area contributed by atoms with Gasteiger partial charge in [0.05, 0.1) is 9.82 Å². The van der Waals surface area contributed by atoms with Crippen molar-refractivity contribution in [3.63, 3.8) is 0 Å². The lowest BCUT2D eigenvalue weighted by atomic mass is 10.1. The molecule has 110 valence electrons. The molecule has 1 unspecified atom stereocenters. The largest absolute Gasteiger partial charge is 0.375 e. The molecule has 0 bridgehead atoms. The fraction of sp³-hybridized carbons (Fsp3) is 0.500. The summed E-state index contributed by atoms with van der Waals surface area (Å²) in [4.78, 5) is 10.5. The summed E-state index contributed by atoms with van der Waals surface area (Å²) in [5.74, 6) is 0. The van der Waals surface area contributed by atoms with E-state index >= 15 is 0 Å². The molecule has 0 radical (unpaired) electrons. The molecule has 0 spiro atoms. The van der Waals surface area contributed by atoms with E-state index in [2.05, 4.69) is 10.6 Å². The molecule has 0 aromatic heterocycles. The summed E-state index contributed by atoms with van der Waals surface area (Å²) in [6.45, 7) is 1.69. The molecule has 1 aromatic carbocycles. The van der Waals surface area contributed by atoms with E-state index in [0.29, 0.717) is 5.69 Å². The Morgan fingerprint density at radius 3 is 2.75 bits per heavy atom. The fourth-order valence-corrected chi connectivity index (χ4v) is 2.85. The Bertz CT molecular complexity index is 609.